The van der Waals surface area contributed by atoms with Crippen LogP contribution in [0.1, 0.15) is 42.5 Å². The highest BCUT2D eigenvalue weighted by Gasteiger charge is 2.35. The first-order valence-corrected chi connectivity index (χ1v) is 17.9. The van der Waals surface area contributed by atoms with Gasteiger partial charge in [0, 0.05) is 51.9 Å². The minimum atomic E-state index is 0.802. The molecule has 0 unspecified atom stereocenters. The maximum absolute atomic E-state index is 3.70. The van der Waals surface area contributed by atoms with Crippen molar-refractivity contribution in [2.45, 2.75) is 25.7 Å². The number of aromatic nitrogens is 1. The molecule has 0 spiro atoms. The van der Waals surface area contributed by atoms with Crippen LogP contribution in [0.4, 0.5) is 0 Å². The molecule has 0 amide bonds. The lowest BCUT2D eigenvalue weighted by atomic mass is 9.92. The topological polar surface area (TPSA) is 20.2 Å². The van der Waals surface area contributed by atoms with Crippen LogP contribution in [0.2, 0.25) is 0 Å². The van der Waals surface area contributed by atoms with Gasteiger partial charge in [-0.1, -0.05) is 127 Å². The maximum atomic E-state index is 3.70. The van der Waals surface area contributed by atoms with Crippen molar-refractivity contribution in [1.82, 2.24) is 14.8 Å². The first kappa shape index (κ1) is 28.9. The van der Waals surface area contributed by atoms with Gasteiger partial charge in [0.2, 0.25) is 0 Å². The Morgan fingerprint density at radius 2 is 1.30 bits per heavy atom. The van der Waals surface area contributed by atoms with Crippen LogP contribution in [-0.4, -0.2) is 16.0 Å². The third-order valence-electron chi connectivity index (χ3n) is 10.7. The summed E-state index contributed by atoms with van der Waals surface area (Å²) in [5.74, 6) is 0. The molecule has 4 aliphatic rings. The third-order valence-corrected chi connectivity index (χ3v) is 10.7. The summed E-state index contributed by atoms with van der Waals surface area (Å²) < 4.78 is 2.53. The van der Waals surface area contributed by atoms with E-state index in [-0.39, 0.29) is 0 Å². The van der Waals surface area contributed by atoms with Gasteiger partial charge in [0.05, 0.1) is 16.9 Å². The van der Waals surface area contributed by atoms with Crippen molar-refractivity contribution in [2.24, 2.45) is 0 Å². The van der Waals surface area contributed by atoms with Gasteiger partial charge in [-0.25, -0.2) is 0 Å². The molecule has 0 bridgehead atoms. The van der Waals surface area contributed by atoms with Crippen molar-refractivity contribution >= 4 is 38.4 Å². The van der Waals surface area contributed by atoms with Crippen LogP contribution < -0.4 is 5.32 Å². The molecule has 0 atom stereocenters. The summed E-state index contributed by atoms with van der Waals surface area (Å²) in [5.41, 5.74) is 16.7. The van der Waals surface area contributed by atoms with Crippen LogP contribution in [0, 0.1) is 0 Å². The third kappa shape index (κ3) is 4.58. The Bertz CT molecular complexity index is 2530. The Morgan fingerprint density at radius 1 is 0.600 bits per heavy atom. The van der Waals surface area contributed by atoms with Crippen molar-refractivity contribution in [3.05, 3.63) is 192 Å². The number of rotatable bonds is 4. The average molecular weight is 644 g/mol. The van der Waals surface area contributed by atoms with Crippen LogP contribution in [0.25, 0.3) is 55.2 Å². The van der Waals surface area contributed by atoms with Gasteiger partial charge in [-0.15, -0.1) is 0 Å². The van der Waals surface area contributed by atoms with E-state index in [0.29, 0.717) is 0 Å². The standard InChI is InChI=1S/C47H37N3/c1-2-14-32(15-3-1)34-18-12-19-36(28-34)50-44-26-10-7-22-41(44)46-40-21-6-9-25-43(40)49(45-27-11-8-23-42(45)47(46)50)37-29-35(30-48-31-37)39-24-13-17-33-16-4-5-20-38(33)39/h1-8,10,12-24,26,28-29,31,48H,9,11,25,27,30H2. The van der Waals surface area contributed by atoms with E-state index in [0.717, 1.165) is 32.2 Å². The summed E-state index contributed by atoms with van der Waals surface area (Å²) in [6.07, 6.45) is 18.2. The molecule has 240 valence electrons. The SMILES string of the molecule is C1=CC2=C(CC1)N(C1=CNCC(c3cccc4ccccc34)=C1)C1=C(C=CCC1)c1c2c2ccccc2n1-c1cccc(-c2ccccc2)c1. The summed E-state index contributed by atoms with van der Waals surface area (Å²) in [6, 6.07) is 44.2. The minimum absolute atomic E-state index is 0.802. The van der Waals surface area contributed by atoms with Gasteiger partial charge in [-0.05, 0) is 83.0 Å². The predicted octanol–water partition coefficient (Wildman–Crippen LogP) is 11.4. The van der Waals surface area contributed by atoms with Crippen LogP contribution in [0.15, 0.2) is 175 Å². The molecule has 0 saturated carbocycles. The van der Waals surface area contributed by atoms with Gasteiger partial charge in [-0.3, -0.25) is 0 Å². The van der Waals surface area contributed by atoms with Gasteiger partial charge in [-0.2, -0.15) is 0 Å². The van der Waals surface area contributed by atoms with E-state index in [1.165, 1.54) is 89.1 Å². The number of para-hydroxylation sites is 1. The van der Waals surface area contributed by atoms with Gasteiger partial charge < -0.3 is 14.8 Å². The number of nitrogens with zero attached hydrogens (tertiary/aromatic N) is 2. The van der Waals surface area contributed by atoms with Gasteiger partial charge >= 0.3 is 0 Å². The highest BCUT2D eigenvalue weighted by atomic mass is 15.2. The molecular weight excluding hydrogens is 607 g/mol. The second-order valence-corrected chi connectivity index (χ2v) is 13.6. The summed E-state index contributed by atoms with van der Waals surface area (Å²) in [6.45, 7) is 0.802. The van der Waals surface area contributed by atoms with Crippen molar-refractivity contribution in [3.8, 4) is 16.8 Å². The molecule has 1 aromatic heterocycles. The van der Waals surface area contributed by atoms with Crippen molar-refractivity contribution in [2.75, 3.05) is 6.54 Å². The predicted molar refractivity (Wildman–Crippen MR) is 209 cm³/mol. The number of hydrogen-bond donors (Lipinski definition) is 1. The maximum Gasteiger partial charge on any atom is 0.0637 e. The highest BCUT2D eigenvalue weighted by Crippen LogP contribution is 2.50. The second-order valence-electron chi connectivity index (χ2n) is 13.6. The van der Waals surface area contributed by atoms with Crippen LogP contribution in [0.5, 0.6) is 0 Å². The zero-order valence-corrected chi connectivity index (χ0v) is 27.9. The number of fused-ring (bicyclic) bond motifs is 6. The lowest BCUT2D eigenvalue weighted by Gasteiger charge is -2.35. The molecule has 3 heterocycles. The Balaban J connectivity index is 1.22. The normalized spacial score (nSPS) is 16.8. The van der Waals surface area contributed by atoms with Crippen LogP contribution >= 0.6 is 0 Å². The van der Waals surface area contributed by atoms with Crippen molar-refractivity contribution in [1.29, 1.82) is 0 Å². The molecule has 3 heteroatoms. The van der Waals surface area contributed by atoms with Crippen LogP contribution in [-0.2, 0) is 0 Å². The molecule has 10 rings (SSSR count). The van der Waals surface area contributed by atoms with E-state index in [9.17, 15) is 0 Å². The number of nitrogens with one attached hydrogen (secondary N) is 1. The molecule has 5 aromatic carbocycles. The monoisotopic (exact) mass is 643 g/mol. The minimum Gasteiger partial charge on any atom is -0.385 e. The van der Waals surface area contributed by atoms with Crippen molar-refractivity contribution in [3.63, 3.8) is 0 Å². The zero-order chi connectivity index (χ0) is 33.0. The largest absolute Gasteiger partial charge is 0.385 e. The Hall–Kier alpha value is -6.06. The molecule has 0 fully saturated rings. The first-order valence-electron chi connectivity index (χ1n) is 17.9. The van der Waals surface area contributed by atoms with E-state index in [4.69, 9.17) is 0 Å². The van der Waals surface area contributed by atoms with E-state index in [1.807, 2.05) is 0 Å². The summed E-state index contributed by atoms with van der Waals surface area (Å²) in [4.78, 5) is 2.62. The van der Waals surface area contributed by atoms with E-state index in [2.05, 4.69) is 173 Å². The molecule has 2 aliphatic carbocycles. The Kier molecular flexibility index (Phi) is 6.83. The highest BCUT2D eigenvalue weighted by molar-refractivity contribution is 6.05. The lowest BCUT2D eigenvalue weighted by molar-refractivity contribution is 0.492. The summed E-state index contributed by atoms with van der Waals surface area (Å²) in [5, 5.41) is 7.57. The van der Waals surface area contributed by atoms with Gasteiger partial charge in [0.15, 0.2) is 0 Å². The first-order chi connectivity index (χ1) is 24.8. The Morgan fingerprint density at radius 3 is 2.18 bits per heavy atom. The summed E-state index contributed by atoms with van der Waals surface area (Å²) >= 11 is 0. The van der Waals surface area contributed by atoms with E-state index in [1.54, 1.807) is 0 Å². The Labute approximate surface area is 293 Å². The summed E-state index contributed by atoms with van der Waals surface area (Å²) in [7, 11) is 0. The number of dihydropyridines is 1. The molecule has 2 aliphatic heterocycles. The van der Waals surface area contributed by atoms with Crippen molar-refractivity contribution < 1.29 is 0 Å². The molecule has 1 N–H and O–H groups in total. The number of benzene rings is 5. The lowest BCUT2D eigenvalue weighted by Crippen LogP contribution is -2.28. The molecule has 0 saturated heterocycles. The fraction of sp³-hybridized carbons (Fsp3) is 0.106. The molecule has 3 nitrogen and oxygen atoms in total. The quantitative estimate of drug-likeness (QED) is 0.206. The zero-order valence-electron chi connectivity index (χ0n) is 27.9. The average Bonchev–Trinajstić information content (AvgIpc) is 3.47. The van der Waals surface area contributed by atoms with Gasteiger partial charge in [0.25, 0.3) is 0 Å². The second kappa shape index (κ2) is 11.8. The molecule has 6 aromatic rings. The molecule has 0 radical (unpaired) electrons. The van der Waals surface area contributed by atoms with Crippen LogP contribution in [0.3, 0.4) is 0 Å². The fourth-order valence-electron chi connectivity index (χ4n) is 8.52. The number of hydrogen-bond acceptors (Lipinski definition) is 2. The van der Waals surface area contributed by atoms with E-state index >= 15 is 0 Å². The molecule has 50 heavy (non-hydrogen) atoms. The number of allylic oxidation sites excluding steroid dienone is 9. The smallest absolute Gasteiger partial charge is 0.0637 e. The fourth-order valence-corrected chi connectivity index (χ4v) is 8.52. The molecular formula is C47H37N3. The van der Waals surface area contributed by atoms with E-state index < -0.39 is 0 Å². The van der Waals surface area contributed by atoms with Gasteiger partial charge in [0.1, 0.15) is 0 Å².